The zero-order valence-corrected chi connectivity index (χ0v) is 19.2. The van der Waals surface area contributed by atoms with Gasteiger partial charge in [-0.05, 0) is 30.9 Å². The first-order valence-corrected chi connectivity index (χ1v) is 11.3. The Labute approximate surface area is 185 Å². The lowest BCUT2D eigenvalue weighted by Crippen LogP contribution is -2.37. The van der Waals surface area contributed by atoms with E-state index in [0.717, 1.165) is 39.9 Å². The van der Waals surface area contributed by atoms with Gasteiger partial charge in [0.1, 0.15) is 5.65 Å². The first kappa shape index (κ1) is 22.8. The number of carbonyl (C=O) groups is 1. The molecule has 0 radical (unpaired) electrons. The Morgan fingerprint density at radius 1 is 1.13 bits per heavy atom. The van der Waals surface area contributed by atoms with Crippen LogP contribution in [0.1, 0.15) is 36.5 Å². The van der Waals surface area contributed by atoms with Crippen LogP contribution in [0.5, 0.6) is 0 Å². The highest BCUT2D eigenvalue weighted by molar-refractivity contribution is 8.00. The highest BCUT2D eigenvalue weighted by Crippen LogP contribution is 2.29. The number of thioether (sulfide) groups is 1. The van der Waals surface area contributed by atoms with Crippen LogP contribution in [0, 0.1) is 6.92 Å². The lowest BCUT2D eigenvalue weighted by atomic mass is 10.1. The SMILES string of the molecule is CCCCc1cnc2c(c1SCC(=O)NCc1ccc(C)cc1)c(=O)n(C)c(=O)n2C. The topological polar surface area (TPSA) is 86.0 Å². The molecule has 7 nitrogen and oxygen atoms in total. The highest BCUT2D eigenvalue weighted by Gasteiger charge is 2.18. The first-order valence-electron chi connectivity index (χ1n) is 10.4. The van der Waals surface area contributed by atoms with Crippen molar-refractivity contribution in [3.63, 3.8) is 0 Å². The number of aromatic nitrogens is 3. The van der Waals surface area contributed by atoms with Gasteiger partial charge >= 0.3 is 5.69 Å². The molecular weight excluding hydrogens is 412 g/mol. The summed E-state index contributed by atoms with van der Waals surface area (Å²) in [5.41, 5.74) is 2.68. The van der Waals surface area contributed by atoms with Crippen LogP contribution in [0.25, 0.3) is 11.0 Å². The lowest BCUT2D eigenvalue weighted by Gasteiger charge is -2.14. The van der Waals surface area contributed by atoms with Crippen LogP contribution < -0.4 is 16.6 Å². The van der Waals surface area contributed by atoms with Crippen molar-refractivity contribution >= 4 is 28.7 Å². The second-order valence-electron chi connectivity index (χ2n) is 7.67. The summed E-state index contributed by atoms with van der Waals surface area (Å²) >= 11 is 1.33. The van der Waals surface area contributed by atoms with Crippen molar-refractivity contribution in [3.8, 4) is 0 Å². The number of rotatable bonds is 8. The standard InChI is InChI=1S/C23H28N4O3S/c1-5-6-7-17-13-25-21-19(22(29)27(4)23(30)26(21)3)20(17)31-14-18(28)24-12-16-10-8-15(2)9-11-16/h8-11,13H,5-7,12,14H2,1-4H3,(H,24,28). The van der Waals surface area contributed by atoms with E-state index in [0.29, 0.717) is 17.6 Å². The number of hydrogen-bond acceptors (Lipinski definition) is 5. The summed E-state index contributed by atoms with van der Waals surface area (Å²) in [6.07, 6.45) is 4.44. The minimum atomic E-state index is -0.418. The summed E-state index contributed by atoms with van der Waals surface area (Å²) in [5.74, 6) is 0.0643. The van der Waals surface area contributed by atoms with E-state index in [1.165, 1.54) is 28.9 Å². The maximum Gasteiger partial charge on any atom is 0.332 e. The minimum Gasteiger partial charge on any atom is -0.351 e. The molecule has 0 aliphatic rings. The van der Waals surface area contributed by atoms with E-state index in [1.807, 2.05) is 31.2 Å². The number of unbranched alkanes of at least 4 members (excludes halogenated alkanes) is 1. The molecule has 0 fully saturated rings. The molecule has 0 atom stereocenters. The Morgan fingerprint density at radius 3 is 2.52 bits per heavy atom. The van der Waals surface area contributed by atoms with Gasteiger partial charge in [-0.3, -0.25) is 18.7 Å². The van der Waals surface area contributed by atoms with Crippen molar-refractivity contribution in [2.75, 3.05) is 5.75 Å². The van der Waals surface area contributed by atoms with Gasteiger partial charge in [0, 0.05) is 31.7 Å². The second-order valence-corrected chi connectivity index (χ2v) is 8.66. The summed E-state index contributed by atoms with van der Waals surface area (Å²) in [6, 6.07) is 8.01. The Morgan fingerprint density at radius 2 is 1.84 bits per heavy atom. The molecule has 1 amide bonds. The molecule has 2 heterocycles. The Bertz CT molecular complexity index is 1210. The Hall–Kier alpha value is -2.87. The third kappa shape index (κ3) is 5.07. The summed E-state index contributed by atoms with van der Waals surface area (Å²) in [7, 11) is 3.07. The number of nitrogens with zero attached hydrogens (tertiary/aromatic N) is 3. The monoisotopic (exact) mass is 440 g/mol. The van der Waals surface area contributed by atoms with Gasteiger partial charge in [-0.25, -0.2) is 9.78 Å². The fourth-order valence-electron chi connectivity index (χ4n) is 3.35. The molecule has 3 rings (SSSR count). The number of aryl methyl sites for hydroxylation is 3. The van der Waals surface area contributed by atoms with E-state index >= 15 is 0 Å². The first-order chi connectivity index (χ1) is 14.8. The molecule has 8 heteroatoms. The predicted molar refractivity (Wildman–Crippen MR) is 125 cm³/mol. The van der Waals surface area contributed by atoms with Gasteiger partial charge in [0.15, 0.2) is 0 Å². The van der Waals surface area contributed by atoms with Crippen molar-refractivity contribution in [2.45, 2.75) is 44.6 Å². The molecule has 0 aliphatic heterocycles. The number of fused-ring (bicyclic) bond motifs is 1. The average Bonchev–Trinajstić information content (AvgIpc) is 2.77. The molecule has 3 aromatic rings. The number of benzene rings is 1. The molecule has 0 bridgehead atoms. The van der Waals surface area contributed by atoms with Crippen LogP contribution in [0.4, 0.5) is 0 Å². The predicted octanol–water partition coefficient (Wildman–Crippen LogP) is 2.69. The maximum atomic E-state index is 12.9. The highest BCUT2D eigenvalue weighted by atomic mass is 32.2. The summed E-state index contributed by atoms with van der Waals surface area (Å²) in [5, 5.41) is 3.33. The van der Waals surface area contributed by atoms with Gasteiger partial charge in [0.05, 0.1) is 11.1 Å². The van der Waals surface area contributed by atoms with Gasteiger partial charge < -0.3 is 5.32 Å². The molecule has 164 valence electrons. The molecule has 0 spiro atoms. The van der Waals surface area contributed by atoms with Crippen LogP contribution in [0.15, 0.2) is 44.9 Å². The van der Waals surface area contributed by atoms with Crippen LogP contribution in [-0.2, 0) is 31.9 Å². The van der Waals surface area contributed by atoms with Gasteiger partial charge in [0.25, 0.3) is 5.56 Å². The van der Waals surface area contributed by atoms with Gasteiger partial charge in [-0.2, -0.15) is 0 Å². The van der Waals surface area contributed by atoms with Crippen LogP contribution in [0.2, 0.25) is 0 Å². The van der Waals surface area contributed by atoms with E-state index in [-0.39, 0.29) is 17.2 Å². The summed E-state index contributed by atoms with van der Waals surface area (Å²) in [6.45, 7) is 4.58. The van der Waals surface area contributed by atoms with Gasteiger partial charge in [-0.1, -0.05) is 43.2 Å². The van der Waals surface area contributed by atoms with E-state index in [4.69, 9.17) is 0 Å². The number of hydrogen-bond donors (Lipinski definition) is 1. The second kappa shape index (κ2) is 9.96. The molecule has 1 N–H and O–H groups in total. The number of nitrogens with one attached hydrogen (secondary N) is 1. The Balaban J connectivity index is 1.88. The number of pyridine rings is 1. The molecule has 0 aliphatic carbocycles. The van der Waals surface area contributed by atoms with E-state index in [9.17, 15) is 14.4 Å². The zero-order valence-electron chi connectivity index (χ0n) is 18.4. The molecule has 31 heavy (non-hydrogen) atoms. The number of amides is 1. The maximum absolute atomic E-state index is 12.9. The smallest absolute Gasteiger partial charge is 0.332 e. The third-order valence-corrected chi connectivity index (χ3v) is 6.41. The van der Waals surface area contributed by atoms with E-state index in [1.54, 1.807) is 13.2 Å². The lowest BCUT2D eigenvalue weighted by molar-refractivity contribution is -0.118. The molecule has 0 unspecified atom stereocenters. The van der Waals surface area contributed by atoms with Crippen LogP contribution in [0.3, 0.4) is 0 Å². The summed E-state index contributed by atoms with van der Waals surface area (Å²) < 4.78 is 2.47. The number of carbonyl (C=O) groups excluding carboxylic acids is 1. The minimum absolute atomic E-state index is 0.112. The summed E-state index contributed by atoms with van der Waals surface area (Å²) in [4.78, 5) is 42.9. The van der Waals surface area contributed by atoms with E-state index in [2.05, 4.69) is 17.2 Å². The van der Waals surface area contributed by atoms with Gasteiger partial charge in [-0.15, -0.1) is 11.8 Å². The molecular formula is C23H28N4O3S. The van der Waals surface area contributed by atoms with Crippen LogP contribution in [-0.4, -0.2) is 25.8 Å². The van der Waals surface area contributed by atoms with Crippen molar-refractivity contribution in [3.05, 3.63) is 68.0 Å². The molecule has 1 aromatic carbocycles. The fraction of sp³-hybridized carbons (Fsp3) is 0.391. The third-order valence-electron chi connectivity index (χ3n) is 5.25. The van der Waals surface area contributed by atoms with Gasteiger partial charge in [0.2, 0.25) is 5.91 Å². The van der Waals surface area contributed by atoms with Crippen molar-refractivity contribution in [1.82, 2.24) is 19.4 Å². The Kier molecular flexibility index (Phi) is 7.33. The normalized spacial score (nSPS) is 11.1. The molecule has 0 saturated heterocycles. The van der Waals surface area contributed by atoms with E-state index < -0.39 is 5.69 Å². The zero-order chi connectivity index (χ0) is 22.5. The van der Waals surface area contributed by atoms with Crippen molar-refractivity contribution in [1.29, 1.82) is 0 Å². The fourth-order valence-corrected chi connectivity index (χ4v) is 4.39. The largest absolute Gasteiger partial charge is 0.351 e. The average molecular weight is 441 g/mol. The van der Waals surface area contributed by atoms with Crippen molar-refractivity contribution in [2.24, 2.45) is 14.1 Å². The molecule has 0 saturated carbocycles. The quantitative estimate of drug-likeness (QED) is 0.545. The van der Waals surface area contributed by atoms with Crippen molar-refractivity contribution < 1.29 is 4.79 Å². The van der Waals surface area contributed by atoms with Crippen LogP contribution >= 0.6 is 11.8 Å². The molecule has 2 aromatic heterocycles.